The lowest BCUT2D eigenvalue weighted by molar-refractivity contribution is -0.146. The number of aromatic nitrogens is 2. The summed E-state index contributed by atoms with van der Waals surface area (Å²) in [7, 11) is -0.802. The van der Waals surface area contributed by atoms with Crippen LogP contribution in [0.3, 0.4) is 0 Å². The van der Waals surface area contributed by atoms with Crippen LogP contribution in [0, 0.1) is 17.8 Å². The minimum absolute atomic E-state index is 0.0110. The Labute approximate surface area is 411 Å². The van der Waals surface area contributed by atoms with Crippen LogP contribution in [0.1, 0.15) is 90.9 Å². The molecule has 17 nitrogen and oxygen atoms in total. The van der Waals surface area contributed by atoms with Gasteiger partial charge in [-0.25, -0.2) is 28.0 Å². The van der Waals surface area contributed by atoms with Crippen LogP contribution in [0.15, 0.2) is 64.0 Å². The van der Waals surface area contributed by atoms with Crippen molar-refractivity contribution < 1.29 is 46.9 Å². The Bertz CT molecular complexity index is 2610. The summed E-state index contributed by atoms with van der Waals surface area (Å²) in [6, 6.07) is 8.30. The Morgan fingerprint density at radius 3 is 2.36 bits per heavy atom. The molecule has 3 saturated carbocycles. The van der Waals surface area contributed by atoms with Gasteiger partial charge in [-0.15, -0.1) is 29.3 Å². The number of aliphatic carboxylic acids is 1. The van der Waals surface area contributed by atoms with Gasteiger partial charge in [0.15, 0.2) is 5.13 Å². The first-order valence-corrected chi connectivity index (χ1v) is 27.1. The van der Waals surface area contributed by atoms with Crippen LogP contribution in [-0.2, 0) is 29.1 Å². The lowest BCUT2D eigenvalue weighted by atomic mass is 9.83. The molecule has 69 heavy (non-hydrogen) atoms. The van der Waals surface area contributed by atoms with Gasteiger partial charge in [0.25, 0.3) is 10.0 Å². The maximum atomic E-state index is 15.3. The number of amides is 3. The molecule has 4 aromatic rings. The number of likely N-dealkylation sites (tertiary alicyclic amines) is 1. The van der Waals surface area contributed by atoms with Gasteiger partial charge in [-0.1, -0.05) is 50.7 Å². The van der Waals surface area contributed by atoms with Gasteiger partial charge in [0, 0.05) is 48.3 Å². The second kappa shape index (κ2) is 21.4. The van der Waals surface area contributed by atoms with Gasteiger partial charge in [-0.3, -0.25) is 9.59 Å². The second-order valence-electron chi connectivity index (χ2n) is 19.1. The summed E-state index contributed by atoms with van der Waals surface area (Å²) in [5, 5.41) is 24.3. The largest absolute Gasteiger partial charge is 0.497 e. The molecule has 6 atom stereocenters. The zero-order valence-corrected chi connectivity index (χ0v) is 42.0. The molecule has 372 valence electrons. The number of hydrogen-bond acceptors (Lipinski definition) is 14. The number of hydrogen-bond donors (Lipinski definition) is 4. The fourth-order valence-corrected chi connectivity index (χ4v) is 13.4. The number of fused-ring (bicyclic) bond motifs is 1. The summed E-state index contributed by atoms with van der Waals surface area (Å²) in [5.41, 5.74) is 0.159. The molecule has 4 fully saturated rings. The van der Waals surface area contributed by atoms with E-state index >= 15 is 4.79 Å². The molecule has 20 heteroatoms. The molecule has 0 bridgehead atoms. The van der Waals surface area contributed by atoms with Gasteiger partial charge in [-0.05, 0) is 81.4 Å². The van der Waals surface area contributed by atoms with Crippen molar-refractivity contribution >= 4 is 72.6 Å². The van der Waals surface area contributed by atoms with Crippen molar-refractivity contribution in [1.82, 2.24) is 29.8 Å². The number of thiazole rings is 1. The molecule has 0 spiro atoms. The fourth-order valence-electron chi connectivity index (χ4n) is 10.1. The zero-order chi connectivity index (χ0) is 49.0. The number of benzene rings is 1. The molecule has 8 rings (SSSR count). The van der Waals surface area contributed by atoms with Crippen LogP contribution in [0.2, 0.25) is 0 Å². The molecule has 3 aromatic heterocycles. The first-order valence-electron chi connectivity index (χ1n) is 23.9. The number of carbonyl (C=O) groups excluding carboxylic acids is 3. The first kappa shape index (κ1) is 50.1. The van der Waals surface area contributed by atoms with Crippen molar-refractivity contribution in [2.24, 2.45) is 17.8 Å². The third kappa shape index (κ3) is 11.2. The number of methoxy groups -OCH3 is 1. The number of likely N-dealkylation sites (N-methyl/N-ethyl adjacent to an activating group) is 1. The van der Waals surface area contributed by atoms with Crippen LogP contribution >= 0.6 is 22.7 Å². The number of ether oxygens (including phenoxy) is 3. The summed E-state index contributed by atoms with van der Waals surface area (Å²) in [4.78, 5) is 67.9. The van der Waals surface area contributed by atoms with Crippen molar-refractivity contribution in [2.75, 3.05) is 32.6 Å². The maximum Gasteiger partial charge on any atom is 0.408 e. The van der Waals surface area contributed by atoms with Crippen molar-refractivity contribution in [3.8, 4) is 22.9 Å². The highest BCUT2D eigenvalue weighted by atomic mass is 32.2. The van der Waals surface area contributed by atoms with E-state index in [1.54, 1.807) is 42.8 Å². The Hall–Kier alpha value is -5.31. The minimum atomic E-state index is -3.85. The van der Waals surface area contributed by atoms with E-state index in [1.165, 1.54) is 33.7 Å². The number of thiophene rings is 1. The molecular weight excluding hydrogens is 943 g/mol. The monoisotopic (exact) mass is 1010 g/mol. The number of carbonyl (C=O) groups is 4. The van der Waals surface area contributed by atoms with Gasteiger partial charge in [0.1, 0.15) is 51.2 Å². The predicted molar refractivity (Wildman–Crippen MR) is 264 cm³/mol. The average molecular weight is 1010 g/mol. The van der Waals surface area contributed by atoms with E-state index in [4.69, 9.17) is 24.2 Å². The van der Waals surface area contributed by atoms with E-state index in [0.29, 0.717) is 46.6 Å². The van der Waals surface area contributed by atoms with E-state index in [-0.39, 0.29) is 48.0 Å². The van der Waals surface area contributed by atoms with E-state index in [1.807, 2.05) is 25.3 Å². The van der Waals surface area contributed by atoms with Crippen molar-refractivity contribution in [2.45, 2.75) is 131 Å². The molecule has 1 saturated heterocycles. The van der Waals surface area contributed by atoms with E-state index in [0.717, 1.165) is 67.8 Å². The normalized spacial score (nSPS) is 23.0. The number of nitrogens with one attached hydrogen (secondary N) is 3. The summed E-state index contributed by atoms with van der Waals surface area (Å²) in [6.45, 7) is 7.69. The van der Waals surface area contributed by atoms with Gasteiger partial charge < -0.3 is 40.2 Å². The first-order chi connectivity index (χ1) is 33.1. The molecule has 0 radical (unpaired) electrons. The third-order valence-corrected chi connectivity index (χ3v) is 18.0. The SMILES string of the molecule is C=CC1C[C@]1(NC(=O)[C@@H]1C[C@@H](Oc2cc(-c3csc(NC(C)C)n3)nc3cc(OC)ccc23)CN1C(=O)[C@@H](NC(=O)O[C@H](CN(C)S(=O)(=O)c1cccs1)C1CCCCC1)C1CCCCC1)C(=O)O. The molecule has 4 heterocycles. The van der Waals surface area contributed by atoms with Gasteiger partial charge in [0.2, 0.25) is 11.8 Å². The third-order valence-electron chi connectivity index (χ3n) is 14.0. The van der Waals surface area contributed by atoms with Crippen LogP contribution < -0.4 is 25.4 Å². The van der Waals surface area contributed by atoms with Gasteiger partial charge >= 0.3 is 12.1 Å². The molecule has 1 unspecified atom stereocenters. The van der Waals surface area contributed by atoms with Crippen molar-refractivity contribution in [3.05, 3.63) is 59.8 Å². The zero-order valence-electron chi connectivity index (χ0n) is 39.6. The summed E-state index contributed by atoms with van der Waals surface area (Å²) in [6.07, 6.45) is 7.56. The van der Waals surface area contributed by atoms with E-state index in [9.17, 15) is 27.9 Å². The summed E-state index contributed by atoms with van der Waals surface area (Å²) < 4.78 is 47.1. The Kier molecular flexibility index (Phi) is 15.5. The highest BCUT2D eigenvalue weighted by Crippen LogP contribution is 2.45. The van der Waals surface area contributed by atoms with Crippen molar-refractivity contribution in [3.63, 3.8) is 0 Å². The average Bonchev–Trinajstić information content (AvgIpc) is 3.79. The molecule has 1 aromatic carbocycles. The van der Waals surface area contributed by atoms with Crippen molar-refractivity contribution in [1.29, 1.82) is 0 Å². The topological polar surface area (TPSA) is 219 Å². The number of anilines is 1. The number of rotatable bonds is 19. The predicted octanol–water partition coefficient (Wildman–Crippen LogP) is 7.69. The lowest BCUT2D eigenvalue weighted by Crippen LogP contribution is -2.58. The number of carboxylic acid groups (broad SMARTS) is 1. The minimum Gasteiger partial charge on any atom is -0.497 e. The van der Waals surface area contributed by atoms with Crippen LogP contribution in [0.4, 0.5) is 9.93 Å². The smallest absolute Gasteiger partial charge is 0.408 e. The molecule has 3 amide bonds. The fraction of sp³-hybridized carbons (Fsp3) is 0.551. The Balaban J connectivity index is 1.09. The molecule has 1 aliphatic heterocycles. The van der Waals surface area contributed by atoms with E-state index in [2.05, 4.69) is 22.5 Å². The summed E-state index contributed by atoms with van der Waals surface area (Å²) in [5.74, 6) is -2.25. The lowest BCUT2D eigenvalue weighted by Gasteiger charge is -2.36. The highest BCUT2D eigenvalue weighted by Gasteiger charge is 2.61. The van der Waals surface area contributed by atoms with Crippen LogP contribution in [0.5, 0.6) is 11.5 Å². The molecular formula is C49H63N7O10S3. The second-order valence-corrected chi connectivity index (χ2v) is 23.2. The Morgan fingerprint density at radius 2 is 1.72 bits per heavy atom. The molecule has 3 aliphatic carbocycles. The molecule has 4 aliphatic rings. The van der Waals surface area contributed by atoms with E-state index < -0.39 is 69.6 Å². The standard InChI is InChI=1S/C49H63N7O10S3/c1-6-32-25-49(32,46(59)60)54-44(57)39-23-34(65-40-24-37(38-28-68-47(52-38)50-29(2)3)51-36-22-33(64-5)19-20-35(36)40)26-56(39)45(58)43(31-16-11-8-12-17-31)53-48(61)66-41(30-14-9-7-10-15-30)27-55(4)69(62,63)42-18-13-21-67-42/h6,13,18-22,24,28-32,34,39,41,43H,1,7-12,14-17,23,25-27H2,2-5H3,(H,50,52)(H,53,61)(H,54,57)(H,59,60)/t32?,34-,39+,41-,43+,49-/m1/s1. The molecule has 4 N–H and O–H groups in total. The van der Waals surface area contributed by atoms with Crippen LogP contribution in [0.25, 0.3) is 22.3 Å². The number of pyridine rings is 1. The summed E-state index contributed by atoms with van der Waals surface area (Å²) >= 11 is 2.56. The number of nitrogens with zero attached hydrogens (tertiary/aromatic N) is 4. The quantitative estimate of drug-likeness (QED) is 0.0664. The number of alkyl carbamates (subject to hydrolysis) is 1. The maximum absolute atomic E-state index is 15.3. The van der Waals surface area contributed by atoms with Gasteiger partial charge in [-0.2, -0.15) is 4.31 Å². The number of carboxylic acids is 1. The number of sulfonamides is 1. The highest BCUT2D eigenvalue weighted by molar-refractivity contribution is 7.91. The van der Waals surface area contributed by atoms with Crippen LogP contribution in [-0.4, -0.2) is 120 Å². The van der Waals surface area contributed by atoms with Gasteiger partial charge in [0.05, 0.1) is 31.4 Å². The Morgan fingerprint density at radius 1 is 1.00 bits per heavy atom.